The van der Waals surface area contributed by atoms with Gasteiger partial charge in [-0.2, -0.15) is 10.2 Å². The molecule has 31 heavy (non-hydrogen) atoms. The second-order valence-electron chi connectivity index (χ2n) is 6.94. The van der Waals surface area contributed by atoms with E-state index in [2.05, 4.69) is 22.5 Å². The van der Waals surface area contributed by atoms with Gasteiger partial charge in [-0.3, -0.25) is 9.59 Å². The summed E-state index contributed by atoms with van der Waals surface area (Å²) in [5.74, 6) is 0.716. The molecule has 0 fully saturated rings. The number of methoxy groups -OCH3 is 2. The van der Waals surface area contributed by atoms with Crippen molar-refractivity contribution in [3.8, 4) is 11.5 Å². The average molecular weight is 422 g/mol. The van der Waals surface area contributed by atoms with E-state index >= 15 is 0 Å². The third kappa shape index (κ3) is 5.09. The Balaban J connectivity index is 1.87. The molecular weight excluding hydrogens is 396 g/mol. The maximum Gasteiger partial charge on any atom is 0.292 e. The molecule has 162 valence electrons. The van der Waals surface area contributed by atoms with Gasteiger partial charge < -0.3 is 9.47 Å². The smallest absolute Gasteiger partial charge is 0.292 e. The molecule has 0 aliphatic heterocycles. The molecular formula is C23H26N4O4. The summed E-state index contributed by atoms with van der Waals surface area (Å²) in [4.78, 5) is 25.6. The number of nitrogens with one attached hydrogen (secondary N) is 1. The maximum absolute atomic E-state index is 12.8. The fourth-order valence-corrected chi connectivity index (χ4v) is 3.20. The first-order chi connectivity index (χ1) is 15.1. The van der Waals surface area contributed by atoms with E-state index < -0.39 is 5.91 Å². The van der Waals surface area contributed by atoms with Crippen molar-refractivity contribution in [1.82, 2.24) is 15.2 Å². The Morgan fingerprint density at radius 1 is 1.13 bits per heavy atom. The van der Waals surface area contributed by atoms with Gasteiger partial charge >= 0.3 is 0 Å². The van der Waals surface area contributed by atoms with E-state index in [1.807, 2.05) is 0 Å². The normalized spacial score (nSPS) is 11.1. The van der Waals surface area contributed by atoms with Crippen molar-refractivity contribution in [3.05, 3.63) is 64.1 Å². The van der Waals surface area contributed by atoms with Crippen molar-refractivity contribution in [1.29, 1.82) is 0 Å². The van der Waals surface area contributed by atoms with Crippen molar-refractivity contribution in [2.45, 2.75) is 32.7 Å². The lowest BCUT2D eigenvalue weighted by Gasteiger charge is -2.10. The minimum atomic E-state index is -0.496. The summed E-state index contributed by atoms with van der Waals surface area (Å²) in [6.45, 7) is 2.55. The minimum absolute atomic E-state index is 0.158. The van der Waals surface area contributed by atoms with Crippen LogP contribution in [0.4, 0.5) is 0 Å². The molecule has 0 aliphatic rings. The number of carbonyl (C=O) groups excluding carboxylic acids is 1. The fraction of sp³-hybridized carbons (Fsp3) is 0.304. The van der Waals surface area contributed by atoms with Crippen LogP contribution in [0.3, 0.4) is 0 Å². The molecule has 1 heterocycles. The average Bonchev–Trinajstić information content (AvgIpc) is 2.80. The molecule has 0 saturated carbocycles. The molecule has 0 aliphatic carbocycles. The third-order valence-corrected chi connectivity index (χ3v) is 4.87. The number of hydrogen-bond donors (Lipinski definition) is 1. The molecule has 0 spiro atoms. The first-order valence-corrected chi connectivity index (χ1v) is 10.1. The largest absolute Gasteiger partial charge is 0.497 e. The van der Waals surface area contributed by atoms with Gasteiger partial charge in [0.05, 0.1) is 25.8 Å². The summed E-state index contributed by atoms with van der Waals surface area (Å²) in [6, 6.07) is 12.2. The zero-order valence-electron chi connectivity index (χ0n) is 17.9. The molecule has 3 rings (SSSR count). The number of rotatable bonds is 9. The van der Waals surface area contributed by atoms with Gasteiger partial charge in [-0.15, -0.1) is 0 Å². The van der Waals surface area contributed by atoms with Gasteiger partial charge in [0.25, 0.3) is 11.5 Å². The van der Waals surface area contributed by atoms with E-state index in [-0.39, 0.29) is 11.3 Å². The third-order valence-electron chi connectivity index (χ3n) is 4.87. The van der Waals surface area contributed by atoms with Crippen LogP contribution in [-0.2, 0) is 6.54 Å². The van der Waals surface area contributed by atoms with Crippen LogP contribution in [0.15, 0.2) is 52.4 Å². The van der Waals surface area contributed by atoms with Gasteiger partial charge in [0, 0.05) is 23.6 Å². The highest BCUT2D eigenvalue weighted by atomic mass is 16.5. The molecule has 1 aromatic heterocycles. The number of unbranched alkanes of at least 4 members (excludes halogenated alkanes) is 2. The number of hydrogen-bond acceptors (Lipinski definition) is 6. The van der Waals surface area contributed by atoms with Crippen molar-refractivity contribution < 1.29 is 14.3 Å². The lowest BCUT2D eigenvalue weighted by molar-refractivity contribution is 0.0949. The molecule has 0 unspecified atom stereocenters. The highest BCUT2D eigenvalue weighted by Gasteiger charge is 2.16. The fourth-order valence-electron chi connectivity index (χ4n) is 3.20. The second kappa shape index (κ2) is 10.4. The van der Waals surface area contributed by atoms with Crippen LogP contribution in [0.2, 0.25) is 0 Å². The lowest BCUT2D eigenvalue weighted by Crippen LogP contribution is -2.29. The zero-order chi connectivity index (χ0) is 22.2. The van der Waals surface area contributed by atoms with Crippen molar-refractivity contribution >= 4 is 22.9 Å². The van der Waals surface area contributed by atoms with E-state index in [4.69, 9.17) is 9.47 Å². The number of hydrazone groups is 1. The molecule has 0 bridgehead atoms. The van der Waals surface area contributed by atoms with Crippen molar-refractivity contribution in [2.24, 2.45) is 5.10 Å². The van der Waals surface area contributed by atoms with E-state index in [1.54, 1.807) is 56.7 Å². The highest BCUT2D eigenvalue weighted by molar-refractivity contribution is 6.05. The summed E-state index contributed by atoms with van der Waals surface area (Å²) in [5, 5.41) is 9.33. The number of carbonyl (C=O) groups is 1. The lowest BCUT2D eigenvalue weighted by atomic mass is 10.1. The summed E-state index contributed by atoms with van der Waals surface area (Å²) < 4.78 is 11.9. The standard InChI is InChI=1S/C23H26N4O4/c1-4-5-8-13-27-23(29)19-10-7-6-9-18(19)21(26-27)22(28)25-24-15-16-11-12-17(30-2)14-20(16)31-3/h6-7,9-12,14-15H,4-5,8,13H2,1-3H3,(H,25,28)/b24-15-. The Morgan fingerprint density at radius 2 is 1.90 bits per heavy atom. The van der Waals surface area contributed by atoms with Gasteiger partial charge in [0.1, 0.15) is 11.5 Å². The number of aromatic nitrogens is 2. The quantitative estimate of drug-likeness (QED) is 0.324. The molecule has 0 saturated heterocycles. The Hall–Kier alpha value is -3.68. The number of amides is 1. The monoisotopic (exact) mass is 422 g/mol. The van der Waals surface area contributed by atoms with Gasteiger partial charge in [0.15, 0.2) is 5.69 Å². The Kier molecular flexibility index (Phi) is 7.37. The first-order valence-electron chi connectivity index (χ1n) is 10.1. The molecule has 0 atom stereocenters. The van der Waals surface area contributed by atoms with Gasteiger partial charge in [0.2, 0.25) is 0 Å². The molecule has 8 nitrogen and oxygen atoms in total. The van der Waals surface area contributed by atoms with E-state index in [1.165, 1.54) is 10.9 Å². The van der Waals surface area contributed by atoms with Crippen LogP contribution in [0.1, 0.15) is 42.2 Å². The summed E-state index contributed by atoms with van der Waals surface area (Å²) in [5.41, 5.74) is 3.13. The number of benzene rings is 2. The van der Waals surface area contributed by atoms with Crippen molar-refractivity contribution in [2.75, 3.05) is 14.2 Å². The first kappa shape index (κ1) is 22.0. The Labute approximate surface area is 180 Å². The van der Waals surface area contributed by atoms with Gasteiger partial charge in [-0.05, 0) is 24.6 Å². The van der Waals surface area contributed by atoms with Crippen LogP contribution >= 0.6 is 0 Å². The molecule has 0 radical (unpaired) electrons. The van der Waals surface area contributed by atoms with Gasteiger partial charge in [-0.1, -0.05) is 38.0 Å². The molecule has 1 amide bonds. The summed E-state index contributed by atoms with van der Waals surface area (Å²) in [6.07, 6.45) is 4.31. The predicted octanol–water partition coefficient (Wildman–Crippen LogP) is 3.37. The Morgan fingerprint density at radius 3 is 2.61 bits per heavy atom. The number of aryl methyl sites for hydroxylation is 1. The number of nitrogens with zero attached hydrogens (tertiary/aromatic N) is 3. The van der Waals surface area contributed by atoms with Crippen LogP contribution < -0.4 is 20.5 Å². The minimum Gasteiger partial charge on any atom is -0.497 e. The Bertz CT molecular complexity index is 1150. The highest BCUT2D eigenvalue weighted by Crippen LogP contribution is 2.23. The van der Waals surface area contributed by atoms with E-state index in [9.17, 15) is 9.59 Å². The van der Waals surface area contributed by atoms with Gasteiger partial charge in [-0.25, -0.2) is 10.1 Å². The van der Waals surface area contributed by atoms with Crippen LogP contribution in [0.5, 0.6) is 11.5 Å². The van der Waals surface area contributed by atoms with Crippen LogP contribution in [-0.4, -0.2) is 36.1 Å². The van der Waals surface area contributed by atoms with Crippen LogP contribution in [0, 0.1) is 0 Å². The zero-order valence-corrected chi connectivity index (χ0v) is 17.9. The molecule has 1 N–H and O–H groups in total. The number of fused-ring (bicyclic) bond motifs is 1. The van der Waals surface area contributed by atoms with E-state index in [0.29, 0.717) is 34.4 Å². The SMILES string of the molecule is CCCCCn1nc(C(=O)N/N=C\c2ccc(OC)cc2OC)c2ccccc2c1=O. The summed E-state index contributed by atoms with van der Waals surface area (Å²) >= 11 is 0. The second-order valence-corrected chi connectivity index (χ2v) is 6.94. The maximum atomic E-state index is 12.8. The predicted molar refractivity (Wildman–Crippen MR) is 120 cm³/mol. The number of ether oxygens (including phenoxy) is 2. The van der Waals surface area contributed by atoms with Crippen molar-refractivity contribution in [3.63, 3.8) is 0 Å². The molecule has 8 heteroatoms. The molecule has 2 aromatic carbocycles. The summed E-state index contributed by atoms with van der Waals surface area (Å²) in [7, 11) is 3.12. The topological polar surface area (TPSA) is 94.8 Å². The van der Waals surface area contributed by atoms with E-state index in [0.717, 1.165) is 19.3 Å². The van der Waals surface area contributed by atoms with Crippen LogP contribution in [0.25, 0.3) is 10.8 Å². The molecule has 3 aromatic rings.